The van der Waals surface area contributed by atoms with Gasteiger partial charge < -0.3 is 10.2 Å². The zero-order chi connectivity index (χ0) is 9.97. The SMILES string of the molecule is O=C1CC(Br)CN1CC1CCCNC1. The van der Waals surface area contributed by atoms with Crippen LogP contribution < -0.4 is 5.32 Å². The number of likely N-dealkylation sites (tertiary alicyclic amines) is 1. The maximum Gasteiger partial charge on any atom is 0.223 e. The van der Waals surface area contributed by atoms with Crippen molar-refractivity contribution in [2.45, 2.75) is 24.1 Å². The Bertz CT molecular complexity index is 216. The molecule has 2 fully saturated rings. The molecule has 0 saturated carbocycles. The Morgan fingerprint density at radius 3 is 3.00 bits per heavy atom. The summed E-state index contributed by atoms with van der Waals surface area (Å²) < 4.78 is 0. The molecule has 2 unspecified atom stereocenters. The summed E-state index contributed by atoms with van der Waals surface area (Å²) in [5.41, 5.74) is 0. The minimum Gasteiger partial charge on any atom is -0.341 e. The van der Waals surface area contributed by atoms with Crippen molar-refractivity contribution in [2.75, 3.05) is 26.2 Å². The van der Waals surface area contributed by atoms with E-state index in [0.717, 1.165) is 26.2 Å². The number of nitrogens with one attached hydrogen (secondary N) is 1. The number of nitrogens with zero attached hydrogens (tertiary/aromatic N) is 1. The van der Waals surface area contributed by atoms with Gasteiger partial charge >= 0.3 is 0 Å². The lowest BCUT2D eigenvalue weighted by Crippen LogP contribution is -2.39. The Morgan fingerprint density at radius 2 is 2.43 bits per heavy atom. The summed E-state index contributed by atoms with van der Waals surface area (Å²) in [5.74, 6) is 0.989. The number of carbonyl (C=O) groups is 1. The summed E-state index contributed by atoms with van der Waals surface area (Å²) in [5, 5.41) is 3.39. The largest absolute Gasteiger partial charge is 0.341 e. The predicted molar refractivity (Wildman–Crippen MR) is 59.5 cm³/mol. The molecule has 0 radical (unpaired) electrons. The van der Waals surface area contributed by atoms with E-state index in [4.69, 9.17) is 0 Å². The number of alkyl halides is 1. The van der Waals surface area contributed by atoms with E-state index in [2.05, 4.69) is 21.2 Å². The summed E-state index contributed by atoms with van der Waals surface area (Å²) in [4.78, 5) is 13.9. The zero-order valence-corrected chi connectivity index (χ0v) is 9.92. The van der Waals surface area contributed by atoms with Gasteiger partial charge in [-0.3, -0.25) is 4.79 Å². The van der Waals surface area contributed by atoms with Crippen LogP contribution in [0.3, 0.4) is 0 Å². The first-order valence-corrected chi connectivity index (χ1v) is 6.30. The molecule has 2 heterocycles. The van der Waals surface area contributed by atoms with E-state index in [9.17, 15) is 4.79 Å². The second-order valence-corrected chi connectivity index (χ2v) is 5.61. The maximum atomic E-state index is 11.5. The van der Waals surface area contributed by atoms with Gasteiger partial charge in [-0.1, -0.05) is 15.9 Å². The number of amides is 1. The molecule has 0 aromatic heterocycles. The summed E-state index contributed by atoms with van der Waals surface area (Å²) >= 11 is 3.51. The molecule has 2 aliphatic rings. The summed E-state index contributed by atoms with van der Waals surface area (Å²) in [6.45, 7) is 4.07. The Hall–Kier alpha value is -0.0900. The van der Waals surface area contributed by atoms with Gasteiger partial charge in [0.1, 0.15) is 0 Å². The number of carbonyl (C=O) groups excluding carboxylic acids is 1. The third kappa shape index (κ3) is 2.48. The highest BCUT2D eigenvalue weighted by Crippen LogP contribution is 2.21. The molecule has 4 heteroatoms. The predicted octanol–water partition coefficient (Wildman–Crippen LogP) is 0.982. The van der Waals surface area contributed by atoms with Gasteiger partial charge in [-0.15, -0.1) is 0 Å². The monoisotopic (exact) mass is 260 g/mol. The normalized spacial score (nSPS) is 33.8. The van der Waals surface area contributed by atoms with Crippen molar-refractivity contribution < 1.29 is 4.79 Å². The number of rotatable bonds is 2. The fraction of sp³-hybridized carbons (Fsp3) is 0.900. The molecule has 2 saturated heterocycles. The molecule has 0 spiro atoms. The quantitative estimate of drug-likeness (QED) is 0.751. The summed E-state index contributed by atoms with van der Waals surface area (Å²) in [6.07, 6.45) is 3.20. The molecule has 0 aliphatic carbocycles. The number of hydrogen-bond acceptors (Lipinski definition) is 2. The van der Waals surface area contributed by atoms with Gasteiger partial charge in [-0.2, -0.15) is 0 Å². The molecule has 2 aliphatic heterocycles. The molecule has 2 rings (SSSR count). The van der Waals surface area contributed by atoms with Crippen molar-refractivity contribution >= 4 is 21.8 Å². The Kier molecular flexibility index (Phi) is 3.44. The molecular weight excluding hydrogens is 244 g/mol. The smallest absolute Gasteiger partial charge is 0.223 e. The second-order valence-electron chi connectivity index (χ2n) is 4.31. The van der Waals surface area contributed by atoms with E-state index in [-0.39, 0.29) is 0 Å². The summed E-state index contributed by atoms with van der Waals surface area (Å²) in [7, 11) is 0. The van der Waals surface area contributed by atoms with Crippen molar-refractivity contribution in [3.8, 4) is 0 Å². The van der Waals surface area contributed by atoms with E-state index in [1.165, 1.54) is 12.8 Å². The first-order chi connectivity index (χ1) is 6.75. The van der Waals surface area contributed by atoms with Crippen LogP contribution in [0.25, 0.3) is 0 Å². The second kappa shape index (κ2) is 4.62. The van der Waals surface area contributed by atoms with Gasteiger partial charge in [0.05, 0.1) is 0 Å². The van der Waals surface area contributed by atoms with Crippen molar-refractivity contribution in [3.63, 3.8) is 0 Å². The van der Waals surface area contributed by atoms with Crippen LogP contribution in [0.4, 0.5) is 0 Å². The highest BCUT2D eigenvalue weighted by molar-refractivity contribution is 9.09. The van der Waals surface area contributed by atoms with Gasteiger partial charge in [0, 0.05) is 24.3 Å². The van der Waals surface area contributed by atoms with E-state index < -0.39 is 0 Å². The van der Waals surface area contributed by atoms with Crippen LogP contribution in [0, 0.1) is 5.92 Å². The number of halogens is 1. The Balaban J connectivity index is 1.81. The molecule has 14 heavy (non-hydrogen) atoms. The molecular formula is C10H17BrN2O. The van der Waals surface area contributed by atoms with Gasteiger partial charge in [0.25, 0.3) is 0 Å². The molecule has 1 N–H and O–H groups in total. The molecule has 0 bridgehead atoms. The van der Waals surface area contributed by atoms with E-state index >= 15 is 0 Å². The van der Waals surface area contributed by atoms with Crippen LogP contribution >= 0.6 is 15.9 Å². The minimum absolute atomic E-state index is 0.317. The van der Waals surface area contributed by atoms with Gasteiger partial charge in [0.15, 0.2) is 0 Å². The fourth-order valence-corrected chi connectivity index (χ4v) is 2.92. The average molecular weight is 261 g/mol. The standard InChI is InChI=1S/C10H17BrN2O/c11-9-4-10(14)13(7-9)6-8-2-1-3-12-5-8/h8-9,12H,1-7H2. The number of piperidine rings is 1. The lowest BCUT2D eigenvalue weighted by atomic mass is 9.99. The highest BCUT2D eigenvalue weighted by Gasteiger charge is 2.29. The average Bonchev–Trinajstić information content (AvgIpc) is 2.47. The third-order valence-electron chi connectivity index (χ3n) is 3.04. The van der Waals surface area contributed by atoms with Crippen LogP contribution in [0.15, 0.2) is 0 Å². The summed E-state index contributed by atoms with van der Waals surface area (Å²) in [6, 6.07) is 0. The molecule has 1 amide bonds. The Labute approximate surface area is 93.4 Å². The van der Waals surface area contributed by atoms with Gasteiger partial charge in [-0.25, -0.2) is 0 Å². The van der Waals surface area contributed by atoms with Crippen molar-refractivity contribution in [2.24, 2.45) is 5.92 Å². The molecule has 3 nitrogen and oxygen atoms in total. The first-order valence-electron chi connectivity index (χ1n) is 5.38. The van der Waals surface area contributed by atoms with Gasteiger partial charge in [0.2, 0.25) is 5.91 Å². The highest BCUT2D eigenvalue weighted by atomic mass is 79.9. The fourth-order valence-electron chi connectivity index (χ4n) is 2.29. The van der Waals surface area contributed by atoms with Gasteiger partial charge in [-0.05, 0) is 31.8 Å². The van der Waals surface area contributed by atoms with Crippen LogP contribution in [-0.4, -0.2) is 41.8 Å². The van der Waals surface area contributed by atoms with E-state index in [0.29, 0.717) is 23.1 Å². The van der Waals surface area contributed by atoms with Crippen LogP contribution in [-0.2, 0) is 4.79 Å². The lowest BCUT2D eigenvalue weighted by Gasteiger charge is -2.27. The third-order valence-corrected chi connectivity index (χ3v) is 3.66. The lowest BCUT2D eigenvalue weighted by molar-refractivity contribution is -0.128. The maximum absolute atomic E-state index is 11.5. The number of hydrogen-bond donors (Lipinski definition) is 1. The zero-order valence-electron chi connectivity index (χ0n) is 8.34. The topological polar surface area (TPSA) is 32.3 Å². The molecule has 0 aromatic rings. The molecule has 80 valence electrons. The van der Waals surface area contributed by atoms with E-state index in [1.54, 1.807) is 0 Å². The Morgan fingerprint density at radius 1 is 1.57 bits per heavy atom. The van der Waals surface area contributed by atoms with Crippen LogP contribution in [0.2, 0.25) is 0 Å². The molecule has 2 atom stereocenters. The first kappa shape index (κ1) is 10.4. The van der Waals surface area contributed by atoms with Crippen molar-refractivity contribution in [1.29, 1.82) is 0 Å². The van der Waals surface area contributed by atoms with Crippen LogP contribution in [0.5, 0.6) is 0 Å². The van der Waals surface area contributed by atoms with E-state index in [1.807, 2.05) is 4.90 Å². The van der Waals surface area contributed by atoms with Crippen molar-refractivity contribution in [3.05, 3.63) is 0 Å². The van der Waals surface area contributed by atoms with Crippen LogP contribution in [0.1, 0.15) is 19.3 Å². The van der Waals surface area contributed by atoms with Crippen molar-refractivity contribution in [1.82, 2.24) is 10.2 Å². The molecule has 0 aromatic carbocycles. The minimum atomic E-state index is 0.317.